The van der Waals surface area contributed by atoms with E-state index in [2.05, 4.69) is 5.10 Å². The Bertz CT molecular complexity index is 555. The fraction of sp³-hybridized carbons (Fsp3) is 0.286. The van der Waals surface area contributed by atoms with Gasteiger partial charge >= 0.3 is 0 Å². The molecule has 0 aliphatic rings. The maximum atomic E-state index is 12.1. The van der Waals surface area contributed by atoms with Crippen molar-refractivity contribution in [3.05, 3.63) is 52.8 Å². The van der Waals surface area contributed by atoms with Crippen LogP contribution in [0.5, 0.6) is 0 Å². The summed E-state index contributed by atoms with van der Waals surface area (Å²) in [6.45, 7) is 3.96. The van der Waals surface area contributed by atoms with E-state index in [1.807, 2.05) is 51.4 Å². The molecule has 3 heteroatoms. The molecule has 88 valence electrons. The third-order valence-electron chi connectivity index (χ3n) is 2.80. The summed E-state index contributed by atoms with van der Waals surface area (Å²) in [5.41, 5.74) is 3.76. The smallest absolute Gasteiger partial charge is 0.169 e. The highest BCUT2D eigenvalue weighted by Crippen LogP contribution is 2.13. The van der Waals surface area contributed by atoms with Gasteiger partial charge in [0.2, 0.25) is 0 Å². The SMILES string of the molecule is Cc1ccc(C)c(C(=O)Cc2ccn(C)n2)c1. The molecule has 0 bridgehead atoms. The van der Waals surface area contributed by atoms with Crippen molar-refractivity contribution in [2.75, 3.05) is 0 Å². The Hall–Kier alpha value is -1.90. The van der Waals surface area contributed by atoms with Crippen LogP contribution in [0.3, 0.4) is 0 Å². The third-order valence-corrected chi connectivity index (χ3v) is 2.80. The summed E-state index contributed by atoms with van der Waals surface area (Å²) in [4.78, 5) is 12.1. The molecule has 0 N–H and O–H groups in total. The standard InChI is InChI=1S/C14H16N2O/c1-10-4-5-11(2)13(8-10)14(17)9-12-6-7-16(3)15-12/h4-8H,9H2,1-3H3. The van der Waals surface area contributed by atoms with Crippen molar-refractivity contribution in [1.82, 2.24) is 9.78 Å². The van der Waals surface area contributed by atoms with Crippen LogP contribution < -0.4 is 0 Å². The second-order valence-corrected chi connectivity index (χ2v) is 4.40. The zero-order valence-corrected chi connectivity index (χ0v) is 10.4. The lowest BCUT2D eigenvalue weighted by Crippen LogP contribution is -2.07. The number of Topliss-reactive ketones (excluding diaryl/α,β-unsaturated/α-hetero) is 1. The molecule has 0 spiro atoms. The van der Waals surface area contributed by atoms with E-state index >= 15 is 0 Å². The molecule has 17 heavy (non-hydrogen) atoms. The fourth-order valence-corrected chi connectivity index (χ4v) is 1.85. The van der Waals surface area contributed by atoms with E-state index in [-0.39, 0.29) is 5.78 Å². The number of carbonyl (C=O) groups is 1. The van der Waals surface area contributed by atoms with E-state index in [0.717, 1.165) is 22.4 Å². The Morgan fingerprint density at radius 1 is 1.29 bits per heavy atom. The minimum Gasteiger partial charge on any atom is -0.294 e. The summed E-state index contributed by atoms with van der Waals surface area (Å²) in [5, 5.41) is 4.22. The van der Waals surface area contributed by atoms with Crippen molar-refractivity contribution in [2.24, 2.45) is 7.05 Å². The number of rotatable bonds is 3. The Labute approximate surface area is 101 Å². The molecule has 0 radical (unpaired) electrons. The second kappa shape index (κ2) is 4.53. The van der Waals surface area contributed by atoms with Gasteiger partial charge in [0.1, 0.15) is 0 Å². The van der Waals surface area contributed by atoms with E-state index in [0.29, 0.717) is 6.42 Å². The van der Waals surface area contributed by atoms with Crippen LogP contribution in [0, 0.1) is 13.8 Å². The van der Waals surface area contributed by atoms with Gasteiger partial charge in [0.15, 0.2) is 5.78 Å². The molecule has 1 aromatic heterocycles. The largest absolute Gasteiger partial charge is 0.294 e. The molecule has 1 heterocycles. The maximum absolute atomic E-state index is 12.1. The Kier molecular flexibility index (Phi) is 3.09. The number of nitrogens with zero attached hydrogens (tertiary/aromatic N) is 2. The molecule has 0 aliphatic carbocycles. The van der Waals surface area contributed by atoms with E-state index in [1.165, 1.54) is 0 Å². The highest BCUT2D eigenvalue weighted by Gasteiger charge is 2.11. The first-order valence-corrected chi connectivity index (χ1v) is 5.65. The summed E-state index contributed by atoms with van der Waals surface area (Å²) in [6.07, 6.45) is 2.22. The average Bonchev–Trinajstić information content (AvgIpc) is 2.67. The van der Waals surface area contributed by atoms with Crippen molar-refractivity contribution in [3.8, 4) is 0 Å². The monoisotopic (exact) mass is 228 g/mol. The fourth-order valence-electron chi connectivity index (χ4n) is 1.85. The molecule has 0 unspecified atom stereocenters. The van der Waals surface area contributed by atoms with Crippen LogP contribution in [0.2, 0.25) is 0 Å². The lowest BCUT2D eigenvalue weighted by molar-refractivity contribution is 0.0991. The minimum absolute atomic E-state index is 0.130. The van der Waals surface area contributed by atoms with Gasteiger partial charge in [-0.2, -0.15) is 5.10 Å². The van der Waals surface area contributed by atoms with Crippen LogP contribution >= 0.6 is 0 Å². The predicted octanol–water partition coefficient (Wildman–Crippen LogP) is 2.46. The molecule has 1 aromatic carbocycles. The quantitative estimate of drug-likeness (QED) is 0.756. The van der Waals surface area contributed by atoms with Crippen LogP contribution in [0.4, 0.5) is 0 Å². The first-order chi connectivity index (χ1) is 8.06. The normalized spacial score (nSPS) is 10.5. The van der Waals surface area contributed by atoms with Gasteiger partial charge in [-0.05, 0) is 31.5 Å². The zero-order valence-electron chi connectivity index (χ0n) is 10.4. The van der Waals surface area contributed by atoms with Crippen LogP contribution in [0.1, 0.15) is 27.2 Å². The summed E-state index contributed by atoms with van der Waals surface area (Å²) in [7, 11) is 1.85. The zero-order chi connectivity index (χ0) is 12.4. The highest BCUT2D eigenvalue weighted by atomic mass is 16.1. The van der Waals surface area contributed by atoms with Crippen LogP contribution in [-0.4, -0.2) is 15.6 Å². The maximum Gasteiger partial charge on any atom is 0.169 e. The Morgan fingerprint density at radius 2 is 2.06 bits per heavy atom. The van der Waals surface area contributed by atoms with Gasteiger partial charge in [-0.1, -0.05) is 17.7 Å². The van der Waals surface area contributed by atoms with Crippen LogP contribution in [-0.2, 0) is 13.5 Å². The summed E-state index contributed by atoms with van der Waals surface area (Å²) < 4.78 is 1.71. The number of aryl methyl sites for hydroxylation is 3. The van der Waals surface area contributed by atoms with Gasteiger partial charge in [-0.25, -0.2) is 0 Å². The van der Waals surface area contributed by atoms with Gasteiger partial charge in [0.25, 0.3) is 0 Å². The molecule has 2 rings (SSSR count). The molecular formula is C14H16N2O. The number of benzene rings is 1. The van der Waals surface area contributed by atoms with Gasteiger partial charge in [-0.15, -0.1) is 0 Å². The topological polar surface area (TPSA) is 34.9 Å². The van der Waals surface area contributed by atoms with Gasteiger partial charge < -0.3 is 0 Å². The number of ketones is 1. The molecular weight excluding hydrogens is 212 g/mol. The first-order valence-electron chi connectivity index (χ1n) is 5.65. The minimum atomic E-state index is 0.130. The molecule has 0 fully saturated rings. The van der Waals surface area contributed by atoms with Crippen LogP contribution in [0.15, 0.2) is 30.5 Å². The number of aromatic nitrogens is 2. The number of hydrogen-bond donors (Lipinski definition) is 0. The average molecular weight is 228 g/mol. The summed E-state index contributed by atoms with van der Waals surface area (Å²) in [5.74, 6) is 0.130. The predicted molar refractivity (Wildman–Crippen MR) is 67.2 cm³/mol. The highest BCUT2D eigenvalue weighted by molar-refractivity contribution is 5.98. The van der Waals surface area contributed by atoms with Gasteiger partial charge in [0, 0.05) is 18.8 Å². The third kappa shape index (κ3) is 2.61. The Morgan fingerprint density at radius 3 is 2.71 bits per heavy atom. The molecule has 3 nitrogen and oxygen atoms in total. The van der Waals surface area contributed by atoms with Crippen molar-refractivity contribution in [3.63, 3.8) is 0 Å². The van der Waals surface area contributed by atoms with E-state index in [9.17, 15) is 4.79 Å². The van der Waals surface area contributed by atoms with Gasteiger partial charge in [0.05, 0.1) is 12.1 Å². The van der Waals surface area contributed by atoms with Crippen LogP contribution in [0.25, 0.3) is 0 Å². The summed E-state index contributed by atoms with van der Waals surface area (Å²) >= 11 is 0. The van der Waals surface area contributed by atoms with E-state index in [1.54, 1.807) is 4.68 Å². The first kappa shape index (κ1) is 11.6. The molecule has 0 saturated heterocycles. The van der Waals surface area contributed by atoms with Gasteiger partial charge in [-0.3, -0.25) is 9.48 Å². The second-order valence-electron chi connectivity index (χ2n) is 4.40. The van der Waals surface area contributed by atoms with Crippen molar-refractivity contribution in [2.45, 2.75) is 20.3 Å². The number of carbonyl (C=O) groups excluding carboxylic acids is 1. The van der Waals surface area contributed by atoms with Crippen molar-refractivity contribution in [1.29, 1.82) is 0 Å². The lowest BCUT2D eigenvalue weighted by Gasteiger charge is -2.05. The Balaban J connectivity index is 2.22. The molecule has 2 aromatic rings. The molecule has 0 atom stereocenters. The van der Waals surface area contributed by atoms with Crippen molar-refractivity contribution < 1.29 is 4.79 Å². The number of hydrogen-bond acceptors (Lipinski definition) is 2. The van der Waals surface area contributed by atoms with Crippen molar-refractivity contribution >= 4 is 5.78 Å². The molecule has 0 saturated carbocycles. The summed E-state index contributed by atoms with van der Waals surface area (Å²) in [6, 6.07) is 7.83. The van der Waals surface area contributed by atoms with E-state index < -0.39 is 0 Å². The molecule has 0 amide bonds. The lowest BCUT2D eigenvalue weighted by atomic mass is 9.99. The molecule has 0 aliphatic heterocycles. The van der Waals surface area contributed by atoms with E-state index in [4.69, 9.17) is 0 Å².